The molecule has 0 spiro atoms. The van der Waals surface area contributed by atoms with E-state index >= 15 is 0 Å². The minimum Gasteiger partial charge on any atom is -0.497 e. The molecule has 0 saturated heterocycles. The summed E-state index contributed by atoms with van der Waals surface area (Å²) in [5.41, 5.74) is 6.40. The fourth-order valence-corrected chi connectivity index (χ4v) is 2.44. The zero-order chi connectivity index (χ0) is 14.0. The van der Waals surface area contributed by atoms with Crippen LogP contribution >= 0.6 is 15.9 Å². The number of nitrogens with two attached hydrogens (primary N) is 1. The van der Waals surface area contributed by atoms with Gasteiger partial charge in [0.25, 0.3) is 0 Å². The van der Waals surface area contributed by atoms with Crippen LogP contribution in [0.3, 0.4) is 0 Å². The van der Waals surface area contributed by atoms with Crippen molar-refractivity contribution in [3.63, 3.8) is 0 Å². The summed E-state index contributed by atoms with van der Waals surface area (Å²) in [7, 11) is 1.45. The molecule has 0 aliphatic rings. The first-order valence-electron chi connectivity index (χ1n) is 5.57. The highest BCUT2D eigenvalue weighted by atomic mass is 79.9. The van der Waals surface area contributed by atoms with Crippen LogP contribution in [0.15, 0.2) is 40.9 Å². The van der Waals surface area contributed by atoms with Gasteiger partial charge >= 0.3 is 0 Å². The van der Waals surface area contributed by atoms with Gasteiger partial charge in [-0.1, -0.05) is 28.1 Å². The molecule has 0 aliphatic heterocycles. The molecule has 0 saturated carbocycles. The van der Waals surface area contributed by atoms with E-state index in [2.05, 4.69) is 15.9 Å². The van der Waals surface area contributed by atoms with Crippen LogP contribution < -0.4 is 10.5 Å². The van der Waals surface area contributed by atoms with E-state index in [1.54, 1.807) is 18.2 Å². The standard InChI is InChI=1S/C14H12BrF2NO/c1-19-8-5-6-9(12(17)7-8)14(18)13-10(15)3-2-4-11(13)16/h2-7,14H,18H2,1H3. The zero-order valence-corrected chi connectivity index (χ0v) is 11.7. The van der Waals surface area contributed by atoms with E-state index in [4.69, 9.17) is 10.5 Å². The largest absolute Gasteiger partial charge is 0.497 e. The highest BCUT2D eigenvalue weighted by Crippen LogP contribution is 2.31. The number of methoxy groups -OCH3 is 1. The molecule has 2 nitrogen and oxygen atoms in total. The summed E-state index contributed by atoms with van der Waals surface area (Å²) in [6.45, 7) is 0. The monoisotopic (exact) mass is 327 g/mol. The van der Waals surface area contributed by atoms with Gasteiger partial charge in [-0.25, -0.2) is 8.78 Å². The van der Waals surface area contributed by atoms with Gasteiger partial charge in [0.1, 0.15) is 17.4 Å². The molecule has 19 heavy (non-hydrogen) atoms. The second-order valence-corrected chi connectivity index (χ2v) is 4.85. The first-order valence-corrected chi connectivity index (χ1v) is 6.37. The first-order chi connectivity index (χ1) is 9.04. The van der Waals surface area contributed by atoms with E-state index < -0.39 is 17.7 Å². The Hall–Kier alpha value is -1.46. The first kappa shape index (κ1) is 14.0. The summed E-state index contributed by atoms with van der Waals surface area (Å²) in [6, 6.07) is 7.94. The number of ether oxygens (including phenoxy) is 1. The van der Waals surface area contributed by atoms with Gasteiger partial charge in [-0.3, -0.25) is 0 Å². The van der Waals surface area contributed by atoms with Crippen LogP contribution in [0.5, 0.6) is 5.75 Å². The normalized spacial score (nSPS) is 12.3. The van der Waals surface area contributed by atoms with Crippen molar-refractivity contribution < 1.29 is 13.5 Å². The molecule has 1 unspecified atom stereocenters. The molecule has 0 amide bonds. The highest BCUT2D eigenvalue weighted by molar-refractivity contribution is 9.10. The van der Waals surface area contributed by atoms with E-state index in [-0.39, 0.29) is 11.1 Å². The molecule has 0 heterocycles. The Balaban J connectivity index is 2.47. The van der Waals surface area contributed by atoms with Gasteiger partial charge in [-0.2, -0.15) is 0 Å². The maximum atomic E-state index is 13.9. The Bertz CT molecular complexity index is 584. The third-order valence-corrected chi connectivity index (χ3v) is 3.54. The molecule has 5 heteroatoms. The summed E-state index contributed by atoms with van der Waals surface area (Å²) in [5, 5.41) is 0. The Kier molecular flexibility index (Phi) is 4.17. The van der Waals surface area contributed by atoms with Crippen molar-refractivity contribution in [3.05, 3.63) is 63.6 Å². The summed E-state index contributed by atoms with van der Waals surface area (Å²) >= 11 is 3.23. The lowest BCUT2D eigenvalue weighted by atomic mass is 9.98. The smallest absolute Gasteiger partial charge is 0.132 e. The van der Waals surface area contributed by atoms with Crippen LogP contribution in [-0.4, -0.2) is 7.11 Å². The number of rotatable bonds is 3. The maximum Gasteiger partial charge on any atom is 0.132 e. The fraction of sp³-hybridized carbons (Fsp3) is 0.143. The second kappa shape index (κ2) is 5.67. The van der Waals surface area contributed by atoms with Crippen molar-refractivity contribution in [2.45, 2.75) is 6.04 Å². The predicted octanol–water partition coefficient (Wildman–Crippen LogP) is 3.78. The molecular formula is C14H12BrF2NO. The van der Waals surface area contributed by atoms with Gasteiger partial charge in [0.15, 0.2) is 0 Å². The van der Waals surface area contributed by atoms with Gasteiger partial charge in [-0.05, 0) is 18.2 Å². The minimum atomic E-state index is -0.888. The van der Waals surface area contributed by atoms with Gasteiger partial charge in [-0.15, -0.1) is 0 Å². The lowest BCUT2D eigenvalue weighted by Crippen LogP contribution is -2.16. The lowest BCUT2D eigenvalue weighted by molar-refractivity contribution is 0.410. The van der Waals surface area contributed by atoms with Gasteiger partial charge in [0.2, 0.25) is 0 Å². The van der Waals surface area contributed by atoms with E-state index in [0.717, 1.165) is 0 Å². The molecule has 2 N–H and O–H groups in total. The molecule has 100 valence electrons. The van der Waals surface area contributed by atoms with Crippen LogP contribution in [0, 0.1) is 11.6 Å². The van der Waals surface area contributed by atoms with Crippen molar-refractivity contribution in [3.8, 4) is 5.75 Å². The quantitative estimate of drug-likeness (QED) is 0.931. The van der Waals surface area contributed by atoms with E-state index in [1.165, 1.54) is 25.3 Å². The molecule has 2 aromatic carbocycles. The van der Waals surface area contributed by atoms with Crippen molar-refractivity contribution in [2.75, 3.05) is 7.11 Å². The van der Waals surface area contributed by atoms with E-state index in [9.17, 15) is 8.78 Å². The minimum absolute atomic E-state index is 0.214. The topological polar surface area (TPSA) is 35.2 Å². The van der Waals surface area contributed by atoms with Crippen LogP contribution in [0.25, 0.3) is 0 Å². The number of hydrogen-bond donors (Lipinski definition) is 1. The molecule has 0 bridgehead atoms. The molecule has 0 radical (unpaired) electrons. The number of halogens is 3. The Morgan fingerprint density at radius 3 is 2.47 bits per heavy atom. The lowest BCUT2D eigenvalue weighted by Gasteiger charge is -2.16. The second-order valence-electron chi connectivity index (χ2n) is 4.00. The summed E-state index contributed by atoms with van der Waals surface area (Å²) in [6.07, 6.45) is 0. The van der Waals surface area contributed by atoms with E-state index in [1.807, 2.05) is 0 Å². The third kappa shape index (κ3) is 2.77. The van der Waals surface area contributed by atoms with Crippen molar-refractivity contribution in [1.82, 2.24) is 0 Å². The number of benzene rings is 2. The molecule has 2 aromatic rings. The molecule has 0 aliphatic carbocycles. The Morgan fingerprint density at radius 1 is 1.16 bits per heavy atom. The molecule has 2 rings (SSSR count). The van der Waals surface area contributed by atoms with Crippen LogP contribution in [0.2, 0.25) is 0 Å². The van der Waals surface area contributed by atoms with Crippen molar-refractivity contribution >= 4 is 15.9 Å². The SMILES string of the molecule is COc1ccc(C(N)c2c(F)cccc2Br)c(F)c1. The third-order valence-electron chi connectivity index (χ3n) is 2.85. The van der Waals surface area contributed by atoms with E-state index in [0.29, 0.717) is 10.2 Å². The predicted molar refractivity (Wildman–Crippen MR) is 73.1 cm³/mol. The van der Waals surface area contributed by atoms with Crippen LogP contribution in [-0.2, 0) is 0 Å². The summed E-state index contributed by atoms with van der Waals surface area (Å²) < 4.78 is 33.2. The van der Waals surface area contributed by atoms with Crippen molar-refractivity contribution in [1.29, 1.82) is 0 Å². The zero-order valence-electron chi connectivity index (χ0n) is 10.2. The average Bonchev–Trinajstić information content (AvgIpc) is 2.38. The molecule has 0 fully saturated rings. The Labute approximate surface area is 118 Å². The molecule has 0 aromatic heterocycles. The maximum absolute atomic E-state index is 13.9. The average molecular weight is 328 g/mol. The Morgan fingerprint density at radius 2 is 1.89 bits per heavy atom. The van der Waals surface area contributed by atoms with Gasteiger partial charge in [0.05, 0.1) is 13.2 Å². The van der Waals surface area contributed by atoms with Crippen molar-refractivity contribution in [2.24, 2.45) is 5.73 Å². The summed E-state index contributed by atoms with van der Waals surface area (Å²) in [5.74, 6) is -0.611. The number of hydrogen-bond acceptors (Lipinski definition) is 2. The molecular weight excluding hydrogens is 316 g/mol. The molecule has 1 atom stereocenters. The highest BCUT2D eigenvalue weighted by Gasteiger charge is 2.20. The van der Waals surface area contributed by atoms with Crippen LogP contribution in [0.4, 0.5) is 8.78 Å². The van der Waals surface area contributed by atoms with Gasteiger partial charge in [0, 0.05) is 21.7 Å². The summed E-state index contributed by atoms with van der Waals surface area (Å²) in [4.78, 5) is 0. The van der Waals surface area contributed by atoms with Gasteiger partial charge < -0.3 is 10.5 Å². The fourth-order valence-electron chi connectivity index (χ4n) is 1.85. The van der Waals surface area contributed by atoms with Crippen LogP contribution in [0.1, 0.15) is 17.2 Å².